The molecule has 0 aliphatic heterocycles. The molecule has 0 saturated heterocycles. The first-order valence-corrected chi connectivity index (χ1v) is 5.41. The molecule has 0 spiro atoms. The van der Waals surface area contributed by atoms with Gasteiger partial charge in [-0.3, -0.25) is 0 Å². The van der Waals surface area contributed by atoms with E-state index in [-0.39, 0.29) is 0 Å². The molecule has 2 aromatic heterocycles. The molecule has 2 aromatic rings. The average molecular weight is 240 g/mol. The molecule has 0 saturated carbocycles. The number of methoxy groups -OCH3 is 1. The van der Waals surface area contributed by atoms with Gasteiger partial charge in [-0.15, -0.1) is 0 Å². The van der Waals surface area contributed by atoms with Crippen molar-refractivity contribution in [1.82, 2.24) is 9.97 Å². The summed E-state index contributed by atoms with van der Waals surface area (Å²) < 4.78 is 4.98. The highest BCUT2D eigenvalue weighted by Gasteiger charge is 2.02. The number of nitrogens with one attached hydrogen (secondary N) is 1. The van der Waals surface area contributed by atoms with Crippen LogP contribution >= 0.6 is 0 Å². The SMILES string of the molecule is COc1ccc(CNc2ncccc2C#N)cn1. The van der Waals surface area contributed by atoms with E-state index in [2.05, 4.69) is 21.4 Å². The van der Waals surface area contributed by atoms with Crippen molar-refractivity contribution >= 4 is 5.82 Å². The Morgan fingerprint density at radius 1 is 1.33 bits per heavy atom. The molecular formula is C13H12N4O. The Bertz CT molecular complexity index is 560. The molecule has 2 rings (SSSR count). The Morgan fingerprint density at radius 3 is 2.89 bits per heavy atom. The minimum atomic E-state index is 0.527. The molecule has 2 heterocycles. The van der Waals surface area contributed by atoms with E-state index >= 15 is 0 Å². The molecule has 5 heteroatoms. The van der Waals surface area contributed by atoms with E-state index < -0.39 is 0 Å². The topological polar surface area (TPSA) is 70.8 Å². The highest BCUT2D eigenvalue weighted by molar-refractivity contribution is 5.51. The lowest BCUT2D eigenvalue weighted by Gasteiger charge is -2.07. The van der Waals surface area contributed by atoms with Crippen LogP contribution in [-0.2, 0) is 6.54 Å². The first-order chi connectivity index (χ1) is 8.83. The van der Waals surface area contributed by atoms with Gasteiger partial charge in [0.15, 0.2) is 0 Å². The van der Waals surface area contributed by atoms with Crippen molar-refractivity contribution < 1.29 is 4.74 Å². The van der Waals surface area contributed by atoms with Crippen LogP contribution in [0.15, 0.2) is 36.7 Å². The molecule has 0 unspecified atom stereocenters. The fourth-order valence-electron chi connectivity index (χ4n) is 1.46. The van der Waals surface area contributed by atoms with Crippen LogP contribution in [0.4, 0.5) is 5.82 Å². The highest BCUT2D eigenvalue weighted by Crippen LogP contribution is 2.12. The van der Waals surface area contributed by atoms with Crippen LogP contribution in [0.5, 0.6) is 5.88 Å². The van der Waals surface area contributed by atoms with Crippen molar-refractivity contribution in [3.63, 3.8) is 0 Å². The molecule has 0 atom stereocenters. The van der Waals surface area contributed by atoms with Crippen molar-refractivity contribution in [2.24, 2.45) is 0 Å². The predicted molar refractivity (Wildman–Crippen MR) is 67.1 cm³/mol. The van der Waals surface area contributed by atoms with E-state index in [1.807, 2.05) is 6.07 Å². The first kappa shape index (κ1) is 11.9. The average Bonchev–Trinajstić information content (AvgIpc) is 2.46. The lowest BCUT2D eigenvalue weighted by molar-refractivity contribution is 0.397. The van der Waals surface area contributed by atoms with Crippen molar-refractivity contribution in [1.29, 1.82) is 5.26 Å². The third kappa shape index (κ3) is 2.74. The second-order valence-corrected chi connectivity index (χ2v) is 3.57. The van der Waals surface area contributed by atoms with Gasteiger partial charge in [-0.2, -0.15) is 5.26 Å². The van der Waals surface area contributed by atoms with E-state index in [1.165, 1.54) is 0 Å². The fraction of sp³-hybridized carbons (Fsp3) is 0.154. The smallest absolute Gasteiger partial charge is 0.212 e. The monoisotopic (exact) mass is 240 g/mol. The zero-order valence-corrected chi connectivity index (χ0v) is 9.92. The number of ether oxygens (including phenoxy) is 1. The van der Waals surface area contributed by atoms with Crippen LogP contribution in [0.2, 0.25) is 0 Å². The van der Waals surface area contributed by atoms with Gasteiger partial charge in [0.2, 0.25) is 5.88 Å². The standard InChI is InChI=1S/C13H12N4O/c1-18-12-5-4-10(8-16-12)9-17-13-11(7-14)3-2-6-15-13/h2-6,8H,9H2,1H3,(H,15,17). The van der Waals surface area contributed by atoms with Crippen molar-refractivity contribution in [3.8, 4) is 11.9 Å². The van der Waals surface area contributed by atoms with Crippen molar-refractivity contribution in [2.45, 2.75) is 6.54 Å². The number of hydrogen-bond donors (Lipinski definition) is 1. The molecule has 0 aromatic carbocycles. The van der Waals surface area contributed by atoms with E-state index in [4.69, 9.17) is 10.00 Å². The minimum absolute atomic E-state index is 0.527. The summed E-state index contributed by atoms with van der Waals surface area (Å²) in [7, 11) is 1.58. The molecule has 0 aliphatic rings. The second kappa shape index (κ2) is 5.64. The molecule has 5 nitrogen and oxygen atoms in total. The number of hydrogen-bond acceptors (Lipinski definition) is 5. The summed E-state index contributed by atoms with van der Waals surface area (Å²) in [5.74, 6) is 1.16. The van der Waals surface area contributed by atoms with Crippen LogP contribution in [-0.4, -0.2) is 17.1 Å². The van der Waals surface area contributed by atoms with Crippen LogP contribution < -0.4 is 10.1 Å². The summed E-state index contributed by atoms with van der Waals surface area (Å²) in [5, 5.41) is 12.0. The van der Waals surface area contributed by atoms with Gasteiger partial charge in [-0.05, 0) is 17.7 Å². The number of nitrogens with zero attached hydrogens (tertiary/aromatic N) is 3. The third-order valence-corrected chi connectivity index (χ3v) is 2.39. The van der Waals surface area contributed by atoms with Crippen LogP contribution in [0, 0.1) is 11.3 Å². The Hall–Kier alpha value is -2.61. The highest BCUT2D eigenvalue weighted by atomic mass is 16.5. The molecule has 0 radical (unpaired) electrons. The lowest BCUT2D eigenvalue weighted by Crippen LogP contribution is -2.03. The predicted octanol–water partition coefficient (Wildman–Crippen LogP) is 1.97. The Labute approximate surface area is 105 Å². The summed E-state index contributed by atoms with van der Waals surface area (Å²) >= 11 is 0. The van der Waals surface area contributed by atoms with Gasteiger partial charge in [-0.1, -0.05) is 6.07 Å². The van der Waals surface area contributed by atoms with E-state index in [0.29, 0.717) is 23.8 Å². The largest absolute Gasteiger partial charge is 0.481 e. The van der Waals surface area contributed by atoms with E-state index in [9.17, 15) is 0 Å². The van der Waals surface area contributed by atoms with Crippen molar-refractivity contribution in [3.05, 3.63) is 47.8 Å². The zero-order chi connectivity index (χ0) is 12.8. The number of anilines is 1. The summed E-state index contributed by atoms with van der Waals surface area (Å²) in [6.45, 7) is 0.558. The normalized spacial score (nSPS) is 9.56. The summed E-state index contributed by atoms with van der Waals surface area (Å²) in [4.78, 5) is 8.22. The van der Waals surface area contributed by atoms with Crippen LogP contribution in [0.1, 0.15) is 11.1 Å². The molecule has 1 N–H and O–H groups in total. The zero-order valence-electron chi connectivity index (χ0n) is 9.92. The van der Waals surface area contributed by atoms with Gasteiger partial charge in [0.1, 0.15) is 11.9 Å². The summed E-state index contributed by atoms with van der Waals surface area (Å²) in [6.07, 6.45) is 3.37. The van der Waals surface area contributed by atoms with Gasteiger partial charge < -0.3 is 10.1 Å². The molecule has 0 amide bonds. The first-order valence-electron chi connectivity index (χ1n) is 5.41. The minimum Gasteiger partial charge on any atom is -0.481 e. The van der Waals surface area contributed by atoms with Gasteiger partial charge in [0, 0.05) is 25.0 Å². The molecule has 18 heavy (non-hydrogen) atoms. The van der Waals surface area contributed by atoms with Gasteiger partial charge in [0.25, 0.3) is 0 Å². The lowest BCUT2D eigenvalue weighted by atomic mass is 10.2. The fourth-order valence-corrected chi connectivity index (χ4v) is 1.46. The van der Waals surface area contributed by atoms with Crippen molar-refractivity contribution in [2.75, 3.05) is 12.4 Å². The molecule has 0 fully saturated rings. The molecule has 90 valence electrons. The quantitative estimate of drug-likeness (QED) is 0.884. The summed E-state index contributed by atoms with van der Waals surface area (Å²) in [5.41, 5.74) is 1.52. The number of pyridine rings is 2. The summed E-state index contributed by atoms with van der Waals surface area (Å²) in [6, 6.07) is 9.25. The Kier molecular flexibility index (Phi) is 3.72. The van der Waals surface area contributed by atoms with E-state index in [0.717, 1.165) is 5.56 Å². The van der Waals surface area contributed by atoms with E-state index in [1.54, 1.807) is 37.7 Å². The van der Waals surface area contributed by atoms with Gasteiger partial charge in [-0.25, -0.2) is 9.97 Å². The molecular weight excluding hydrogens is 228 g/mol. The van der Waals surface area contributed by atoms with Crippen LogP contribution in [0.25, 0.3) is 0 Å². The third-order valence-electron chi connectivity index (χ3n) is 2.39. The number of nitriles is 1. The number of aromatic nitrogens is 2. The maximum absolute atomic E-state index is 8.93. The Balaban J connectivity index is 2.05. The van der Waals surface area contributed by atoms with Gasteiger partial charge >= 0.3 is 0 Å². The second-order valence-electron chi connectivity index (χ2n) is 3.57. The van der Waals surface area contributed by atoms with Crippen LogP contribution in [0.3, 0.4) is 0 Å². The molecule has 0 aliphatic carbocycles. The maximum Gasteiger partial charge on any atom is 0.212 e. The number of rotatable bonds is 4. The van der Waals surface area contributed by atoms with Gasteiger partial charge in [0.05, 0.1) is 12.7 Å². The maximum atomic E-state index is 8.93. The Morgan fingerprint density at radius 2 is 2.22 bits per heavy atom. The molecule has 0 bridgehead atoms.